The van der Waals surface area contributed by atoms with Gasteiger partial charge in [0.05, 0.1) is 7.11 Å². The van der Waals surface area contributed by atoms with Crippen molar-refractivity contribution in [1.29, 1.82) is 0 Å². The maximum absolute atomic E-state index is 12.9. The Bertz CT molecular complexity index is 781. The van der Waals surface area contributed by atoms with Gasteiger partial charge in [-0.3, -0.25) is 0 Å². The second kappa shape index (κ2) is 7.25. The molecule has 2 aromatic rings. The molecule has 0 bridgehead atoms. The Morgan fingerprint density at radius 2 is 1.88 bits per heavy atom. The topological polar surface area (TPSA) is 46.6 Å². The first-order chi connectivity index (χ1) is 11.5. The molecule has 0 N–H and O–H groups in total. The Morgan fingerprint density at radius 1 is 1.12 bits per heavy atom. The van der Waals surface area contributed by atoms with Crippen LogP contribution in [0.25, 0.3) is 0 Å². The van der Waals surface area contributed by atoms with Gasteiger partial charge in [0.15, 0.2) is 0 Å². The monoisotopic (exact) mass is 365 g/mol. The molecular weight excluding hydrogens is 342 g/mol. The summed E-state index contributed by atoms with van der Waals surface area (Å²) in [6.45, 7) is 3.09. The highest BCUT2D eigenvalue weighted by Crippen LogP contribution is 2.32. The summed E-state index contributed by atoms with van der Waals surface area (Å²) in [5, 5.41) is 0. The lowest BCUT2D eigenvalue weighted by atomic mass is 9.94. The third-order valence-electron chi connectivity index (χ3n) is 4.53. The van der Waals surface area contributed by atoms with Gasteiger partial charge in [0.25, 0.3) is 10.0 Å². The molecule has 1 saturated heterocycles. The molecule has 3 rings (SSSR count). The van der Waals surface area contributed by atoms with E-state index in [1.54, 1.807) is 17.5 Å². The highest BCUT2D eigenvalue weighted by molar-refractivity contribution is 7.91. The van der Waals surface area contributed by atoms with E-state index in [4.69, 9.17) is 4.74 Å². The normalized spacial score (nSPS) is 19.8. The van der Waals surface area contributed by atoms with Crippen LogP contribution in [0.15, 0.2) is 40.6 Å². The van der Waals surface area contributed by atoms with Crippen molar-refractivity contribution in [1.82, 2.24) is 4.31 Å². The fourth-order valence-corrected chi connectivity index (χ4v) is 6.11. The van der Waals surface area contributed by atoms with Gasteiger partial charge in [0.1, 0.15) is 9.96 Å². The molecule has 24 heavy (non-hydrogen) atoms. The SMILES string of the molecule is COc1ccc(C2CCCCN(S(=O)(=O)c3ccc(C)s3)C2)cc1. The third-order valence-corrected chi connectivity index (χ3v) is 7.86. The lowest BCUT2D eigenvalue weighted by Crippen LogP contribution is -2.33. The molecule has 0 radical (unpaired) electrons. The zero-order valence-corrected chi connectivity index (χ0v) is 15.7. The van der Waals surface area contributed by atoms with E-state index in [0.29, 0.717) is 17.3 Å². The van der Waals surface area contributed by atoms with Gasteiger partial charge in [-0.15, -0.1) is 11.3 Å². The lowest BCUT2D eigenvalue weighted by Gasteiger charge is -2.23. The number of benzene rings is 1. The van der Waals surface area contributed by atoms with E-state index in [2.05, 4.69) is 12.1 Å². The molecule has 1 unspecified atom stereocenters. The van der Waals surface area contributed by atoms with E-state index in [0.717, 1.165) is 29.9 Å². The average molecular weight is 366 g/mol. The molecule has 6 heteroatoms. The van der Waals surface area contributed by atoms with Crippen LogP contribution in [0, 0.1) is 6.92 Å². The molecule has 0 saturated carbocycles. The molecule has 1 aromatic heterocycles. The Hall–Kier alpha value is -1.37. The first-order valence-corrected chi connectivity index (χ1v) is 10.5. The largest absolute Gasteiger partial charge is 0.497 e. The number of thiophene rings is 1. The molecule has 1 aliphatic rings. The molecule has 130 valence electrons. The van der Waals surface area contributed by atoms with Crippen LogP contribution < -0.4 is 4.74 Å². The minimum atomic E-state index is -3.39. The van der Waals surface area contributed by atoms with E-state index < -0.39 is 10.0 Å². The van der Waals surface area contributed by atoms with Gasteiger partial charge in [-0.1, -0.05) is 18.6 Å². The van der Waals surface area contributed by atoms with Crippen molar-refractivity contribution in [3.63, 3.8) is 0 Å². The summed E-state index contributed by atoms with van der Waals surface area (Å²) in [5.74, 6) is 1.06. The van der Waals surface area contributed by atoms with Crippen molar-refractivity contribution in [2.45, 2.75) is 36.3 Å². The zero-order chi connectivity index (χ0) is 17.2. The molecule has 1 aromatic carbocycles. The van der Waals surface area contributed by atoms with E-state index in [9.17, 15) is 8.42 Å². The summed E-state index contributed by atoms with van der Waals surface area (Å²) < 4.78 is 33.2. The number of aryl methyl sites for hydroxylation is 1. The van der Waals surface area contributed by atoms with Gasteiger partial charge in [-0.2, -0.15) is 4.31 Å². The smallest absolute Gasteiger partial charge is 0.252 e. The van der Waals surface area contributed by atoms with Crippen LogP contribution >= 0.6 is 11.3 Å². The standard InChI is InChI=1S/C18H23NO3S2/c1-14-6-11-18(23-14)24(20,21)19-12-4-3-5-16(13-19)15-7-9-17(22-2)10-8-15/h6-11,16H,3-5,12-13H2,1-2H3. The number of rotatable bonds is 4. The Labute approximate surface area is 148 Å². The Balaban J connectivity index is 1.84. The van der Waals surface area contributed by atoms with Crippen LogP contribution in [-0.4, -0.2) is 32.9 Å². The minimum Gasteiger partial charge on any atom is -0.497 e. The predicted octanol–water partition coefficient (Wildman–Crippen LogP) is 4.02. The van der Waals surface area contributed by atoms with Gasteiger partial charge in [-0.05, 0) is 55.5 Å². The van der Waals surface area contributed by atoms with Gasteiger partial charge in [-0.25, -0.2) is 8.42 Å². The highest BCUT2D eigenvalue weighted by atomic mass is 32.2. The number of hydrogen-bond acceptors (Lipinski definition) is 4. The first-order valence-electron chi connectivity index (χ1n) is 8.21. The van der Waals surface area contributed by atoms with Crippen molar-refractivity contribution in [3.05, 3.63) is 46.8 Å². The van der Waals surface area contributed by atoms with Crippen molar-refractivity contribution in [2.24, 2.45) is 0 Å². The number of ether oxygens (including phenoxy) is 1. The Morgan fingerprint density at radius 3 is 2.50 bits per heavy atom. The Kier molecular flexibility index (Phi) is 5.27. The summed E-state index contributed by atoms with van der Waals surface area (Å²) in [7, 11) is -1.74. The van der Waals surface area contributed by atoms with E-state index >= 15 is 0 Å². The van der Waals surface area contributed by atoms with Crippen molar-refractivity contribution in [3.8, 4) is 5.75 Å². The fourth-order valence-electron chi connectivity index (χ4n) is 3.15. The van der Waals surface area contributed by atoms with Crippen LogP contribution in [-0.2, 0) is 10.0 Å². The van der Waals surface area contributed by atoms with Gasteiger partial charge >= 0.3 is 0 Å². The quantitative estimate of drug-likeness (QED) is 0.822. The summed E-state index contributed by atoms with van der Waals surface area (Å²) in [5.41, 5.74) is 1.18. The van der Waals surface area contributed by atoms with Gasteiger partial charge in [0, 0.05) is 18.0 Å². The second-order valence-corrected chi connectivity index (χ2v) is 9.65. The highest BCUT2D eigenvalue weighted by Gasteiger charge is 2.30. The van der Waals surface area contributed by atoms with E-state index in [1.807, 2.05) is 25.1 Å². The maximum atomic E-state index is 12.9. The lowest BCUT2D eigenvalue weighted by molar-refractivity contribution is 0.405. The predicted molar refractivity (Wildman–Crippen MR) is 97.4 cm³/mol. The van der Waals surface area contributed by atoms with Crippen LogP contribution in [0.4, 0.5) is 0 Å². The molecule has 1 aliphatic heterocycles. The van der Waals surface area contributed by atoms with E-state index in [-0.39, 0.29) is 5.92 Å². The first kappa shape index (κ1) is 17.5. The molecule has 1 atom stereocenters. The number of hydrogen-bond donors (Lipinski definition) is 0. The van der Waals surface area contributed by atoms with Gasteiger partial charge in [0.2, 0.25) is 0 Å². The second-order valence-electron chi connectivity index (χ2n) is 6.19. The molecule has 0 aliphatic carbocycles. The number of sulfonamides is 1. The molecule has 4 nitrogen and oxygen atoms in total. The van der Waals surface area contributed by atoms with Crippen LogP contribution in [0.2, 0.25) is 0 Å². The maximum Gasteiger partial charge on any atom is 0.252 e. The number of nitrogens with zero attached hydrogens (tertiary/aromatic N) is 1. The van der Waals surface area contributed by atoms with Crippen LogP contribution in [0.5, 0.6) is 5.75 Å². The van der Waals surface area contributed by atoms with E-state index in [1.165, 1.54) is 16.9 Å². The fraction of sp³-hybridized carbons (Fsp3) is 0.444. The third kappa shape index (κ3) is 3.66. The summed E-state index contributed by atoms with van der Waals surface area (Å²) in [6.07, 6.45) is 2.98. The summed E-state index contributed by atoms with van der Waals surface area (Å²) >= 11 is 1.35. The van der Waals surface area contributed by atoms with Crippen LogP contribution in [0.1, 0.15) is 35.6 Å². The molecule has 1 fully saturated rings. The summed E-state index contributed by atoms with van der Waals surface area (Å²) in [6, 6.07) is 11.6. The zero-order valence-electron chi connectivity index (χ0n) is 14.1. The molecular formula is C18H23NO3S2. The van der Waals surface area contributed by atoms with Crippen molar-refractivity contribution >= 4 is 21.4 Å². The van der Waals surface area contributed by atoms with Gasteiger partial charge < -0.3 is 4.74 Å². The molecule has 2 heterocycles. The van der Waals surface area contributed by atoms with Crippen LogP contribution in [0.3, 0.4) is 0 Å². The number of methoxy groups -OCH3 is 1. The molecule has 0 amide bonds. The summed E-state index contributed by atoms with van der Waals surface area (Å²) in [4.78, 5) is 1.02. The van der Waals surface area contributed by atoms with Crippen molar-refractivity contribution in [2.75, 3.05) is 20.2 Å². The van der Waals surface area contributed by atoms with Crippen molar-refractivity contribution < 1.29 is 13.2 Å². The average Bonchev–Trinajstić information content (AvgIpc) is 2.88. The molecule has 0 spiro atoms. The minimum absolute atomic E-state index is 0.231.